The molecule has 5 heteroatoms. The number of halogens is 3. The predicted octanol–water partition coefficient (Wildman–Crippen LogP) is 3.07. The monoisotopic (exact) mass is 285 g/mol. The molecule has 0 spiro atoms. The zero-order valence-electron chi connectivity index (χ0n) is 11.4. The lowest BCUT2D eigenvalue weighted by Gasteiger charge is -2.32. The summed E-state index contributed by atoms with van der Waals surface area (Å²) in [5, 5.41) is 11.0. The molecule has 2 aliphatic heterocycles. The molecule has 2 heterocycles. The second-order valence-electron chi connectivity index (χ2n) is 5.90. The summed E-state index contributed by atoms with van der Waals surface area (Å²) in [6.45, 7) is 3.45. The Hall–Kier alpha value is -1.07. The van der Waals surface area contributed by atoms with Gasteiger partial charge < -0.3 is 5.11 Å². The van der Waals surface area contributed by atoms with Crippen LogP contribution < -0.4 is 0 Å². The van der Waals surface area contributed by atoms with E-state index >= 15 is 0 Å². The second-order valence-corrected chi connectivity index (χ2v) is 5.90. The SMILES string of the molecule is Cc1cc(C(F)(F)F)ccc1C1(O)CCN2CCCC21. The van der Waals surface area contributed by atoms with E-state index in [2.05, 4.69) is 4.90 Å². The van der Waals surface area contributed by atoms with Crippen LogP contribution in [-0.4, -0.2) is 29.1 Å². The lowest BCUT2D eigenvalue weighted by Crippen LogP contribution is -2.39. The van der Waals surface area contributed by atoms with E-state index in [-0.39, 0.29) is 6.04 Å². The highest BCUT2D eigenvalue weighted by atomic mass is 19.4. The van der Waals surface area contributed by atoms with Crippen molar-refractivity contribution in [3.05, 3.63) is 34.9 Å². The van der Waals surface area contributed by atoms with Crippen molar-refractivity contribution in [1.82, 2.24) is 4.90 Å². The Morgan fingerprint density at radius 1 is 1.30 bits per heavy atom. The second kappa shape index (κ2) is 4.46. The van der Waals surface area contributed by atoms with Gasteiger partial charge in [-0.05, 0) is 56.0 Å². The van der Waals surface area contributed by atoms with Crippen LogP contribution in [0.4, 0.5) is 13.2 Å². The fourth-order valence-corrected chi connectivity index (χ4v) is 3.76. The zero-order valence-corrected chi connectivity index (χ0v) is 11.4. The third kappa shape index (κ3) is 2.04. The van der Waals surface area contributed by atoms with E-state index in [9.17, 15) is 18.3 Å². The number of alkyl halides is 3. The van der Waals surface area contributed by atoms with E-state index in [1.54, 1.807) is 6.92 Å². The maximum absolute atomic E-state index is 12.7. The molecule has 2 saturated heterocycles. The molecule has 1 aromatic rings. The number of hydrogen-bond acceptors (Lipinski definition) is 2. The molecule has 0 aromatic heterocycles. The smallest absolute Gasteiger partial charge is 0.383 e. The zero-order chi connectivity index (χ0) is 14.5. The summed E-state index contributed by atoms with van der Waals surface area (Å²) in [5.74, 6) is 0. The van der Waals surface area contributed by atoms with Crippen LogP contribution in [0.25, 0.3) is 0 Å². The van der Waals surface area contributed by atoms with E-state index in [1.165, 1.54) is 6.07 Å². The Balaban J connectivity index is 1.98. The lowest BCUT2D eigenvalue weighted by molar-refractivity contribution is -0.137. The van der Waals surface area contributed by atoms with Crippen LogP contribution in [0.3, 0.4) is 0 Å². The largest absolute Gasteiger partial charge is 0.416 e. The van der Waals surface area contributed by atoms with Crippen LogP contribution in [0.5, 0.6) is 0 Å². The van der Waals surface area contributed by atoms with Gasteiger partial charge in [0.15, 0.2) is 0 Å². The maximum atomic E-state index is 12.7. The van der Waals surface area contributed by atoms with Gasteiger partial charge in [0, 0.05) is 12.6 Å². The van der Waals surface area contributed by atoms with Gasteiger partial charge in [-0.25, -0.2) is 0 Å². The minimum absolute atomic E-state index is 0.0536. The minimum atomic E-state index is -4.33. The van der Waals surface area contributed by atoms with Crippen LogP contribution in [0, 0.1) is 6.92 Å². The van der Waals surface area contributed by atoms with Gasteiger partial charge in [-0.15, -0.1) is 0 Å². The van der Waals surface area contributed by atoms with Crippen molar-refractivity contribution in [1.29, 1.82) is 0 Å². The number of nitrogens with zero attached hydrogens (tertiary/aromatic N) is 1. The van der Waals surface area contributed by atoms with Crippen molar-refractivity contribution >= 4 is 0 Å². The summed E-state index contributed by atoms with van der Waals surface area (Å²) < 4.78 is 38.1. The highest BCUT2D eigenvalue weighted by Gasteiger charge is 2.49. The first kappa shape index (κ1) is 13.9. The molecular formula is C15H18F3NO. The summed E-state index contributed by atoms with van der Waals surface area (Å²) in [6.07, 6.45) is -1.77. The predicted molar refractivity (Wildman–Crippen MR) is 69.3 cm³/mol. The average molecular weight is 285 g/mol. The molecule has 2 aliphatic rings. The van der Waals surface area contributed by atoms with Gasteiger partial charge in [-0.2, -0.15) is 13.2 Å². The number of aryl methyl sites for hydroxylation is 1. The molecule has 20 heavy (non-hydrogen) atoms. The summed E-state index contributed by atoms with van der Waals surface area (Å²) in [5.41, 5.74) is -0.468. The van der Waals surface area contributed by atoms with Crippen molar-refractivity contribution in [2.24, 2.45) is 0 Å². The van der Waals surface area contributed by atoms with Gasteiger partial charge >= 0.3 is 6.18 Å². The van der Waals surface area contributed by atoms with Crippen LogP contribution in [0.1, 0.15) is 36.0 Å². The minimum Gasteiger partial charge on any atom is -0.383 e. The molecule has 1 N–H and O–H groups in total. The third-order valence-corrected chi connectivity index (χ3v) is 4.72. The number of benzene rings is 1. The summed E-state index contributed by atoms with van der Waals surface area (Å²) in [7, 11) is 0. The first-order chi connectivity index (χ1) is 9.32. The van der Waals surface area contributed by atoms with Gasteiger partial charge in [0.2, 0.25) is 0 Å². The summed E-state index contributed by atoms with van der Waals surface area (Å²) in [6, 6.07) is 3.74. The van der Waals surface area contributed by atoms with Gasteiger partial charge in [0.05, 0.1) is 5.56 Å². The first-order valence-electron chi connectivity index (χ1n) is 6.97. The standard InChI is InChI=1S/C15H18F3NO/c1-10-9-11(15(16,17)18)4-5-12(10)14(20)6-8-19-7-2-3-13(14)19/h4-5,9,13,20H,2-3,6-8H2,1H3. The molecule has 0 saturated carbocycles. The summed E-state index contributed by atoms with van der Waals surface area (Å²) in [4.78, 5) is 2.25. The van der Waals surface area contributed by atoms with E-state index in [0.29, 0.717) is 17.5 Å². The topological polar surface area (TPSA) is 23.5 Å². The highest BCUT2D eigenvalue weighted by Crippen LogP contribution is 2.44. The van der Waals surface area contributed by atoms with Crippen molar-refractivity contribution in [2.45, 2.75) is 44.0 Å². The molecule has 110 valence electrons. The molecule has 0 bridgehead atoms. The Morgan fingerprint density at radius 2 is 2.05 bits per heavy atom. The number of hydrogen-bond donors (Lipinski definition) is 1. The number of rotatable bonds is 1. The summed E-state index contributed by atoms with van der Waals surface area (Å²) >= 11 is 0. The van der Waals surface area contributed by atoms with Crippen LogP contribution in [0.2, 0.25) is 0 Å². The Morgan fingerprint density at radius 3 is 2.70 bits per heavy atom. The Labute approximate surface area is 116 Å². The van der Waals surface area contributed by atoms with E-state index < -0.39 is 17.3 Å². The molecule has 3 rings (SSSR count). The first-order valence-corrected chi connectivity index (χ1v) is 6.97. The third-order valence-electron chi connectivity index (χ3n) is 4.72. The maximum Gasteiger partial charge on any atom is 0.416 e. The van der Waals surface area contributed by atoms with Crippen molar-refractivity contribution in [3.8, 4) is 0 Å². The van der Waals surface area contributed by atoms with Crippen molar-refractivity contribution < 1.29 is 18.3 Å². The van der Waals surface area contributed by atoms with E-state index in [0.717, 1.165) is 38.1 Å². The molecule has 2 fully saturated rings. The molecule has 2 atom stereocenters. The van der Waals surface area contributed by atoms with Crippen LogP contribution >= 0.6 is 0 Å². The van der Waals surface area contributed by atoms with Crippen molar-refractivity contribution in [2.75, 3.05) is 13.1 Å². The van der Waals surface area contributed by atoms with Crippen LogP contribution in [-0.2, 0) is 11.8 Å². The number of fused-ring (bicyclic) bond motifs is 1. The molecule has 0 amide bonds. The molecule has 1 aromatic carbocycles. The van der Waals surface area contributed by atoms with Crippen LogP contribution in [0.15, 0.2) is 18.2 Å². The fourth-order valence-electron chi connectivity index (χ4n) is 3.76. The van der Waals surface area contributed by atoms with Crippen molar-refractivity contribution in [3.63, 3.8) is 0 Å². The Kier molecular flexibility index (Phi) is 3.10. The van der Waals surface area contributed by atoms with Gasteiger partial charge in [0.1, 0.15) is 5.60 Å². The fraction of sp³-hybridized carbons (Fsp3) is 0.600. The lowest BCUT2D eigenvalue weighted by atomic mass is 9.82. The molecule has 0 radical (unpaired) electrons. The quantitative estimate of drug-likeness (QED) is 0.857. The normalized spacial score (nSPS) is 30.8. The Bertz CT molecular complexity index is 528. The van der Waals surface area contributed by atoms with Gasteiger partial charge in [0.25, 0.3) is 0 Å². The van der Waals surface area contributed by atoms with Gasteiger partial charge in [-0.1, -0.05) is 6.07 Å². The molecule has 2 unspecified atom stereocenters. The molecule has 0 aliphatic carbocycles. The molecular weight excluding hydrogens is 267 g/mol. The van der Waals surface area contributed by atoms with Gasteiger partial charge in [-0.3, -0.25) is 4.90 Å². The van der Waals surface area contributed by atoms with E-state index in [4.69, 9.17) is 0 Å². The van der Waals surface area contributed by atoms with E-state index in [1.807, 2.05) is 0 Å². The highest BCUT2D eigenvalue weighted by molar-refractivity contribution is 5.38. The molecule has 2 nitrogen and oxygen atoms in total. The average Bonchev–Trinajstić information content (AvgIpc) is 2.93. The number of aliphatic hydroxyl groups is 1.